The number of carbonyl (C=O) groups excluding carboxylic acids is 1. The molecule has 10 heteroatoms. The number of rotatable bonds is 8. The van der Waals surface area contributed by atoms with E-state index in [2.05, 4.69) is 5.32 Å². The lowest BCUT2D eigenvalue weighted by Gasteiger charge is -2.13. The molecule has 0 aliphatic carbocycles. The zero-order valence-electron chi connectivity index (χ0n) is 15.8. The summed E-state index contributed by atoms with van der Waals surface area (Å²) in [5, 5.41) is 24.2. The van der Waals surface area contributed by atoms with Gasteiger partial charge >= 0.3 is 0 Å². The molecule has 1 aliphatic heterocycles. The fourth-order valence-corrected chi connectivity index (χ4v) is 2.91. The van der Waals surface area contributed by atoms with Gasteiger partial charge < -0.3 is 29.4 Å². The second-order valence-corrected chi connectivity index (χ2v) is 6.15. The Kier molecular flexibility index (Phi) is 6.03. The Balaban J connectivity index is 1.66. The molecule has 0 fully saturated rings. The Morgan fingerprint density at radius 2 is 1.90 bits per heavy atom. The fourth-order valence-electron chi connectivity index (χ4n) is 2.91. The van der Waals surface area contributed by atoms with Gasteiger partial charge in [-0.25, -0.2) is 0 Å². The molecule has 154 valence electrons. The highest BCUT2D eigenvalue weighted by Crippen LogP contribution is 2.35. The minimum absolute atomic E-state index is 0.0972. The number of ether oxygens (including phenoxy) is 4. The van der Waals surface area contributed by atoms with Crippen molar-refractivity contribution in [3.63, 3.8) is 0 Å². The van der Waals surface area contributed by atoms with E-state index in [0.717, 1.165) is 6.07 Å². The monoisotopic (exact) mass is 404 g/mol. The first-order valence-corrected chi connectivity index (χ1v) is 8.70. The minimum atomic E-state index is -0.856. The van der Waals surface area contributed by atoms with Crippen LogP contribution < -0.4 is 24.3 Å². The molecular formula is C19H20N2O8. The van der Waals surface area contributed by atoms with Crippen LogP contribution >= 0.6 is 0 Å². The van der Waals surface area contributed by atoms with Gasteiger partial charge in [0, 0.05) is 12.6 Å². The third-order valence-corrected chi connectivity index (χ3v) is 4.43. The highest BCUT2D eigenvalue weighted by molar-refractivity contribution is 5.99. The third kappa shape index (κ3) is 4.32. The van der Waals surface area contributed by atoms with Gasteiger partial charge in [0.05, 0.1) is 31.3 Å². The van der Waals surface area contributed by atoms with Crippen molar-refractivity contribution in [1.82, 2.24) is 5.32 Å². The molecule has 29 heavy (non-hydrogen) atoms. The standard InChI is InChI=1S/C19H20N2O8/c1-26-16-8-12(13(21(24)25)9-17(16)27-2)19(23)20-6-5-14(22)11-3-4-15-18(7-11)29-10-28-15/h3-4,7-9,14,22H,5-6,10H2,1-2H3,(H,20,23). The van der Waals surface area contributed by atoms with Gasteiger partial charge in [0.1, 0.15) is 5.56 Å². The van der Waals surface area contributed by atoms with Crippen molar-refractivity contribution in [3.05, 3.63) is 51.6 Å². The summed E-state index contributed by atoms with van der Waals surface area (Å²) in [6, 6.07) is 7.47. The van der Waals surface area contributed by atoms with Crippen LogP contribution in [0.2, 0.25) is 0 Å². The number of amides is 1. The topological polar surface area (TPSA) is 129 Å². The summed E-state index contributed by atoms with van der Waals surface area (Å²) >= 11 is 0. The van der Waals surface area contributed by atoms with Crippen molar-refractivity contribution >= 4 is 11.6 Å². The molecule has 10 nitrogen and oxygen atoms in total. The highest BCUT2D eigenvalue weighted by atomic mass is 16.7. The number of nitrogens with one attached hydrogen (secondary N) is 1. The van der Waals surface area contributed by atoms with Gasteiger partial charge in [-0.1, -0.05) is 6.07 Å². The van der Waals surface area contributed by atoms with E-state index in [1.807, 2.05) is 0 Å². The number of fused-ring (bicyclic) bond motifs is 1. The van der Waals surface area contributed by atoms with Crippen LogP contribution in [0, 0.1) is 10.1 Å². The number of nitro benzene ring substituents is 1. The second kappa shape index (κ2) is 8.65. The lowest BCUT2D eigenvalue weighted by molar-refractivity contribution is -0.385. The summed E-state index contributed by atoms with van der Waals surface area (Å²) in [4.78, 5) is 23.1. The van der Waals surface area contributed by atoms with Crippen LogP contribution in [0.25, 0.3) is 0 Å². The Morgan fingerprint density at radius 3 is 2.59 bits per heavy atom. The van der Waals surface area contributed by atoms with E-state index in [1.54, 1.807) is 18.2 Å². The van der Waals surface area contributed by atoms with Gasteiger partial charge in [-0.15, -0.1) is 0 Å². The maximum atomic E-state index is 12.5. The van der Waals surface area contributed by atoms with Crippen LogP contribution in [0.4, 0.5) is 5.69 Å². The first kappa shape index (κ1) is 20.2. The summed E-state index contributed by atoms with van der Waals surface area (Å²) in [5.41, 5.74) is 0.0438. The molecule has 0 aromatic heterocycles. The lowest BCUT2D eigenvalue weighted by Crippen LogP contribution is -2.26. The average Bonchev–Trinajstić information content (AvgIpc) is 3.20. The first-order valence-electron chi connectivity index (χ1n) is 8.70. The van der Waals surface area contributed by atoms with Gasteiger partial charge in [0.2, 0.25) is 6.79 Å². The molecule has 0 saturated heterocycles. The van der Waals surface area contributed by atoms with Crippen LogP contribution in [0.5, 0.6) is 23.0 Å². The number of benzene rings is 2. The molecule has 2 N–H and O–H groups in total. The molecule has 1 amide bonds. The van der Waals surface area contributed by atoms with Crippen molar-refractivity contribution in [2.45, 2.75) is 12.5 Å². The second-order valence-electron chi connectivity index (χ2n) is 6.15. The Morgan fingerprint density at radius 1 is 1.21 bits per heavy atom. The molecule has 1 unspecified atom stereocenters. The number of nitro groups is 1. The number of hydrogen-bond acceptors (Lipinski definition) is 8. The fraction of sp³-hybridized carbons (Fsp3) is 0.316. The van der Waals surface area contributed by atoms with Gasteiger partial charge in [-0.2, -0.15) is 0 Å². The predicted octanol–water partition coefficient (Wildman–Crippen LogP) is 2.19. The summed E-state index contributed by atoms with van der Waals surface area (Å²) in [5.74, 6) is 0.842. The van der Waals surface area contributed by atoms with E-state index in [0.29, 0.717) is 17.1 Å². The Hall–Kier alpha value is -3.53. The average molecular weight is 404 g/mol. The molecule has 1 atom stereocenters. The number of carbonyl (C=O) groups is 1. The van der Waals surface area contributed by atoms with Crippen LogP contribution in [-0.4, -0.2) is 43.5 Å². The van der Waals surface area contributed by atoms with Crippen molar-refractivity contribution in [2.24, 2.45) is 0 Å². The molecule has 1 heterocycles. The first-order chi connectivity index (χ1) is 13.9. The SMILES string of the molecule is COc1cc(C(=O)NCCC(O)c2ccc3c(c2)OCO3)c([N+](=O)[O-])cc1OC. The highest BCUT2D eigenvalue weighted by Gasteiger charge is 2.24. The van der Waals surface area contributed by atoms with Crippen LogP contribution in [0.1, 0.15) is 28.4 Å². The van der Waals surface area contributed by atoms with Gasteiger partial charge in [-0.3, -0.25) is 14.9 Å². The van der Waals surface area contributed by atoms with E-state index < -0.39 is 22.6 Å². The Labute approximate surface area is 166 Å². The van der Waals surface area contributed by atoms with E-state index in [4.69, 9.17) is 18.9 Å². The van der Waals surface area contributed by atoms with E-state index in [1.165, 1.54) is 20.3 Å². The quantitative estimate of drug-likeness (QED) is 0.506. The van der Waals surface area contributed by atoms with Gasteiger partial charge in [-0.05, 0) is 24.1 Å². The minimum Gasteiger partial charge on any atom is -0.493 e. The van der Waals surface area contributed by atoms with Crippen molar-refractivity contribution < 1.29 is 33.8 Å². The normalized spacial score (nSPS) is 12.9. The third-order valence-electron chi connectivity index (χ3n) is 4.43. The molecule has 0 bridgehead atoms. The molecule has 0 radical (unpaired) electrons. The van der Waals surface area contributed by atoms with Crippen molar-refractivity contribution in [1.29, 1.82) is 0 Å². The zero-order valence-corrected chi connectivity index (χ0v) is 15.8. The van der Waals surface area contributed by atoms with Crippen LogP contribution in [0.3, 0.4) is 0 Å². The summed E-state index contributed by atoms with van der Waals surface area (Å²) < 4.78 is 20.7. The largest absolute Gasteiger partial charge is 0.493 e. The predicted molar refractivity (Wildman–Crippen MR) is 101 cm³/mol. The summed E-state index contributed by atoms with van der Waals surface area (Å²) in [7, 11) is 2.71. The number of hydrogen-bond donors (Lipinski definition) is 2. The lowest BCUT2D eigenvalue weighted by atomic mass is 10.1. The number of nitrogens with zero attached hydrogens (tertiary/aromatic N) is 1. The number of aliphatic hydroxyl groups excluding tert-OH is 1. The molecule has 0 spiro atoms. The smallest absolute Gasteiger partial charge is 0.286 e. The summed E-state index contributed by atoms with van der Waals surface area (Å²) in [6.45, 7) is 0.231. The molecular weight excluding hydrogens is 384 g/mol. The van der Waals surface area contributed by atoms with Gasteiger partial charge in [0.15, 0.2) is 23.0 Å². The maximum absolute atomic E-state index is 12.5. The van der Waals surface area contributed by atoms with E-state index in [9.17, 15) is 20.0 Å². The van der Waals surface area contributed by atoms with E-state index in [-0.39, 0.29) is 36.8 Å². The van der Waals surface area contributed by atoms with Gasteiger partial charge in [0.25, 0.3) is 11.6 Å². The van der Waals surface area contributed by atoms with Crippen molar-refractivity contribution in [2.75, 3.05) is 27.6 Å². The molecule has 1 aliphatic rings. The van der Waals surface area contributed by atoms with E-state index >= 15 is 0 Å². The summed E-state index contributed by atoms with van der Waals surface area (Å²) in [6.07, 6.45) is -0.655. The van der Waals surface area contributed by atoms with Crippen LogP contribution in [-0.2, 0) is 0 Å². The molecule has 3 rings (SSSR count). The number of methoxy groups -OCH3 is 2. The number of aliphatic hydroxyl groups is 1. The zero-order chi connectivity index (χ0) is 21.0. The van der Waals surface area contributed by atoms with Crippen molar-refractivity contribution in [3.8, 4) is 23.0 Å². The molecule has 0 saturated carbocycles. The van der Waals surface area contributed by atoms with Crippen LogP contribution in [0.15, 0.2) is 30.3 Å². The molecule has 2 aromatic carbocycles. The maximum Gasteiger partial charge on any atom is 0.286 e. The molecule has 2 aromatic rings. The Bertz CT molecular complexity index is 931.